The van der Waals surface area contributed by atoms with Crippen molar-refractivity contribution in [3.63, 3.8) is 0 Å². The summed E-state index contributed by atoms with van der Waals surface area (Å²) in [6, 6.07) is 9.93. The minimum atomic E-state index is 0.613. The van der Waals surface area contributed by atoms with Crippen LogP contribution in [0, 0.1) is 0 Å². The van der Waals surface area contributed by atoms with Gasteiger partial charge in [0.2, 0.25) is 5.95 Å². The minimum Gasteiger partial charge on any atom is -0.495 e. The van der Waals surface area contributed by atoms with E-state index in [9.17, 15) is 0 Å². The molecule has 5 nitrogen and oxygen atoms in total. The van der Waals surface area contributed by atoms with Crippen LogP contribution >= 0.6 is 11.3 Å². The normalized spacial score (nSPS) is 10.6. The smallest absolute Gasteiger partial charge is 0.225 e. The topological polar surface area (TPSA) is 50.3 Å². The average Bonchev–Trinajstić information content (AvgIpc) is 3.01. The maximum Gasteiger partial charge on any atom is 0.225 e. The van der Waals surface area contributed by atoms with E-state index < -0.39 is 0 Å². The highest BCUT2D eigenvalue weighted by Crippen LogP contribution is 2.36. The molecule has 3 rings (SSSR count). The second kappa shape index (κ2) is 5.57. The van der Waals surface area contributed by atoms with Crippen LogP contribution in [-0.2, 0) is 0 Å². The van der Waals surface area contributed by atoms with Gasteiger partial charge >= 0.3 is 0 Å². The third-order valence-electron chi connectivity index (χ3n) is 3.29. The van der Waals surface area contributed by atoms with Crippen molar-refractivity contribution in [3.05, 3.63) is 35.7 Å². The van der Waals surface area contributed by atoms with E-state index in [0.29, 0.717) is 5.95 Å². The van der Waals surface area contributed by atoms with Gasteiger partial charge in [0.1, 0.15) is 16.4 Å². The van der Waals surface area contributed by atoms with Gasteiger partial charge in [-0.25, -0.2) is 4.98 Å². The number of nitrogens with one attached hydrogen (secondary N) is 1. The molecule has 0 bridgehead atoms. The Balaban J connectivity index is 2.16. The van der Waals surface area contributed by atoms with E-state index in [4.69, 9.17) is 4.74 Å². The zero-order valence-electron chi connectivity index (χ0n) is 12.1. The van der Waals surface area contributed by atoms with Crippen LogP contribution in [-0.4, -0.2) is 31.2 Å². The Bertz CT molecular complexity index is 771. The molecule has 108 valence electrons. The van der Waals surface area contributed by atoms with Crippen molar-refractivity contribution in [1.29, 1.82) is 0 Å². The number of para-hydroxylation sites is 2. The lowest BCUT2D eigenvalue weighted by atomic mass is 10.2. The summed E-state index contributed by atoms with van der Waals surface area (Å²) < 4.78 is 5.44. The maximum atomic E-state index is 5.44. The van der Waals surface area contributed by atoms with E-state index in [1.54, 1.807) is 18.4 Å². The summed E-state index contributed by atoms with van der Waals surface area (Å²) in [5.74, 6) is 2.28. The van der Waals surface area contributed by atoms with Gasteiger partial charge in [-0.1, -0.05) is 12.1 Å². The van der Waals surface area contributed by atoms with Crippen molar-refractivity contribution < 1.29 is 4.74 Å². The highest BCUT2D eigenvalue weighted by Gasteiger charge is 2.16. The van der Waals surface area contributed by atoms with Crippen LogP contribution in [0.5, 0.6) is 5.75 Å². The lowest BCUT2D eigenvalue weighted by molar-refractivity contribution is 0.415. The van der Waals surface area contributed by atoms with Crippen molar-refractivity contribution in [3.8, 4) is 5.75 Å². The predicted octanol–water partition coefficient (Wildman–Crippen LogP) is 3.51. The molecule has 2 heterocycles. The number of thiophene rings is 1. The molecular formula is C15H16N4OS. The molecule has 0 amide bonds. The first-order chi connectivity index (χ1) is 10.2. The number of anilines is 3. The highest BCUT2D eigenvalue weighted by atomic mass is 32.1. The summed E-state index contributed by atoms with van der Waals surface area (Å²) >= 11 is 1.60. The third kappa shape index (κ3) is 2.38. The molecule has 0 unspecified atom stereocenters. The molecule has 1 aromatic carbocycles. The number of hydrogen-bond acceptors (Lipinski definition) is 6. The molecule has 2 aromatic heterocycles. The standard InChI is InChI=1S/C15H16N4OS/c1-16-15-17-13(10-8-9-21-14(10)18-15)19(2)11-6-4-5-7-12(11)20-3/h4-9H,1-3H3,(H,16,17,18). The summed E-state index contributed by atoms with van der Waals surface area (Å²) in [6.07, 6.45) is 0. The fourth-order valence-electron chi connectivity index (χ4n) is 2.23. The molecule has 6 heteroatoms. The summed E-state index contributed by atoms with van der Waals surface area (Å²) in [5.41, 5.74) is 0.966. The van der Waals surface area contributed by atoms with Crippen LogP contribution < -0.4 is 15.0 Å². The number of ether oxygens (including phenoxy) is 1. The van der Waals surface area contributed by atoms with Gasteiger partial charge in [0, 0.05) is 14.1 Å². The third-order valence-corrected chi connectivity index (χ3v) is 4.10. The fourth-order valence-corrected chi connectivity index (χ4v) is 2.99. The van der Waals surface area contributed by atoms with E-state index in [2.05, 4.69) is 15.3 Å². The van der Waals surface area contributed by atoms with Crippen LogP contribution in [0.4, 0.5) is 17.5 Å². The van der Waals surface area contributed by atoms with Gasteiger partial charge in [0.25, 0.3) is 0 Å². The van der Waals surface area contributed by atoms with Gasteiger partial charge in [-0.05, 0) is 23.6 Å². The molecule has 0 aliphatic heterocycles. The Morgan fingerprint density at radius 2 is 2.00 bits per heavy atom. The number of benzene rings is 1. The molecule has 0 aliphatic carbocycles. The van der Waals surface area contributed by atoms with Gasteiger partial charge in [-0.2, -0.15) is 4.98 Å². The highest BCUT2D eigenvalue weighted by molar-refractivity contribution is 7.16. The number of methoxy groups -OCH3 is 1. The number of nitrogens with zero attached hydrogens (tertiary/aromatic N) is 3. The molecule has 0 aliphatic rings. The lowest BCUT2D eigenvalue weighted by Crippen LogP contribution is -2.14. The first-order valence-electron chi connectivity index (χ1n) is 6.54. The number of fused-ring (bicyclic) bond motifs is 1. The summed E-state index contributed by atoms with van der Waals surface area (Å²) in [6.45, 7) is 0. The molecule has 0 atom stereocenters. The van der Waals surface area contributed by atoms with Gasteiger partial charge < -0.3 is 15.0 Å². The molecule has 0 fully saturated rings. The van der Waals surface area contributed by atoms with Crippen molar-refractivity contribution in [2.75, 3.05) is 31.4 Å². The fraction of sp³-hybridized carbons (Fsp3) is 0.200. The van der Waals surface area contributed by atoms with Gasteiger partial charge in [0.05, 0.1) is 18.2 Å². The van der Waals surface area contributed by atoms with Crippen LogP contribution in [0.15, 0.2) is 35.7 Å². The number of rotatable bonds is 4. The van der Waals surface area contributed by atoms with Crippen LogP contribution in [0.25, 0.3) is 10.2 Å². The summed E-state index contributed by atoms with van der Waals surface area (Å²) in [4.78, 5) is 12.1. The predicted molar refractivity (Wildman–Crippen MR) is 88.0 cm³/mol. The quantitative estimate of drug-likeness (QED) is 0.799. The van der Waals surface area contributed by atoms with Gasteiger partial charge in [-0.15, -0.1) is 11.3 Å². The van der Waals surface area contributed by atoms with E-state index in [-0.39, 0.29) is 0 Å². The van der Waals surface area contributed by atoms with E-state index >= 15 is 0 Å². The minimum absolute atomic E-state index is 0.613. The Morgan fingerprint density at radius 3 is 2.76 bits per heavy atom. The van der Waals surface area contributed by atoms with E-state index in [0.717, 1.165) is 27.5 Å². The molecule has 21 heavy (non-hydrogen) atoms. The Labute approximate surface area is 127 Å². The Morgan fingerprint density at radius 1 is 1.19 bits per heavy atom. The van der Waals surface area contributed by atoms with E-state index in [1.807, 2.05) is 54.7 Å². The first kappa shape index (κ1) is 13.6. The average molecular weight is 300 g/mol. The monoisotopic (exact) mass is 300 g/mol. The number of hydrogen-bond donors (Lipinski definition) is 1. The Hall–Kier alpha value is -2.34. The van der Waals surface area contributed by atoms with Crippen molar-refractivity contribution in [2.45, 2.75) is 0 Å². The van der Waals surface area contributed by atoms with E-state index in [1.165, 1.54) is 0 Å². The molecule has 0 saturated heterocycles. The second-order valence-corrected chi connectivity index (χ2v) is 5.39. The SMILES string of the molecule is CNc1nc(N(C)c2ccccc2OC)c2ccsc2n1. The van der Waals surface area contributed by atoms with Crippen molar-refractivity contribution in [2.24, 2.45) is 0 Å². The summed E-state index contributed by atoms with van der Waals surface area (Å²) in [7, 11) is 5.48. The van der Waals surface area contributed by atoms with Gasteiger partial charge in [-0.3, -0.25) is 0 Å². The Kier molecular flexibility index (Phi) is 3.62. The van der Waals surface area contributed by atoms with Crippen molar-refractivity contribution >= 4 is 39.0 Å². The zero-order valence-corrected chi connectivity index (χ0v) is 12.9. The van der Waals surface area contributed by atoms with Gasteiger partial charge in [0.15, 0.2) is 0 Å². The number of aromatic nitrogens is 2. The molecule has 0 spiro atoms. The van der Waals surface area contributed by atoms with Crippen molar-refractivity contribution in [1.82, 2.24) is 9.97 Å². The molecule has 1 N–H and O–H groups in total. The first-order valence-corrected chi connectivity index (χ1v) is 7.42. The molecule has 0 saturated carbocycles. The van der Waals surface area contributed by atoms with Crippen LogP contribution in [0.3, 0.4) is 0 Å². The molecule has 3 aromatic rings. The largest absolute Gasteiger partial charge is 0.495 e. The zero-order chi connectivity index (χ0) is 14.8. The maximum absolute atomic E-state index is 5.44. The van der Waals surface area contributed by atoms with Crippen LogP contribution in [0.1, 0.15) is 0 Å². The summed E-state index contributed by atoms with van der Waals surface area (Å²) in [5, 5.41) is 6.07. The second-order valence-electron chi connectivity index (χ2n) is 4.49. The lowest BCUT2D eigenvalue weighted by Gasteiger charge is -2.21. The molecular weight excluding hydrogens is 284 g/mol. The van der Waals surface area contributed by atoms with Crippen LogP contribution in [0.2, 0.25) is 0 Å². The molecule has 0 radical (unpaired) electrons.